The first-order chi connectivity index (χ1) is 7.56. The molecule has 5 heteroatoms. The van der Waals surface area contributed by atoms with Crippen molar-refractivity contribution in [1.82, 2.24) is 4.57 Å². The van der Waals surface area contributed by atoms with Crippen LogP contribution >= 0.6 is 23.2 Å². The Morgan fingerprint density at radius 1 is 1.35 bits per heavy atom. The topological polar surface area (TPSA) is 8.81 Å². The molecule has 2 rings (SSSR count). The van der Waals surface area contributed by atoms with Gasteiger partial charge in [-0.15, -0.1) is 0 Å². The fraction of sp³-hybridized carbons (Fsp3) is 0.250. The summed E-state index contributed by atoms with van der Waals surface area (Å²) in [4.78, 5) is 0. The summed E-state index contributed by atoms with van der Waals surface area (Å²) in [5.74, 6) is 1.15. The lowest BCUT2D eigenvalue weighted by Crippen LogP contribution is -3.00. The van der Waals surface area contributed by atoms with Crippen LogP contribution in [0.25, 0.3) is 11.0 Å². The summed E-state index contributed by atoms with van der Waals surface area (Å²) in [5, 5.41) is 1.16. The van der Waals surface area contributed by atoms with E-state index in [9.17, 15) is 0 Å². The summed E-state index contributed by atoms with van der Waals surface area (Å²) in [6.07, 6.45) is 1.87. The largest absolute Gasteiger partial charge is 1.00 e. The van der Waals surface area contributed by atoms with Crippen LogP contribution in [0.2, 0.25) is 10.0 Å². The third-order valence-corrected chi connectivity index (χ3v) is 3.58. The van der Waals surface area contributed by atoms with Crippen molar-refractivity contribution < 1.29 is 28.5 Å². The Hall–Kier alpha value is -0.260. The van der Waals surface area contributed by atoms with Gasteiger partial charge in [-0.25, -0.2) is 9.13 Å². The molecule has 0 saturated carbocycles. The van der Waals surface area contributed by atoms with Crippen LogP contribution in [0.3, 0.4) is 0 Å². The average Bonchev–Trinajstić information content (AvgIpc) is 2.46. The first-order valence-corrected chi connectivity index (χ1v) is 5.76. The van der Waals surface area contributed by atoms with E-state index >= 15 is 0 Å². The average molecular weight is 383 g/mol. The first kappa shape index (κ1) is 14.8. The molecular weight excluding hydrogens is 370 g/mol. The molecule has 0 aliphatic heterocycles. The lowest BCUT2D eigenvalue weighted by molar-refractivity contribution is -0.652. The van der Waals surface area contributed by atoms with Crippen molar-refractivity contribution in [2.45, 2.75) is 13.5 Å². The van der Waals surface area contributed by atoms with Gasteiger partial charge in [-0.2, -0.15) is 0 Å². The quantitative estimate of drug-likeness (QED) is 0.400. The number of fused-ring (bicyclic) bond motifs is 1. The second-order valence-corrected chi connectivity index (χ2v) is 4.57. The minimum atomic E-state index is 0. The van der Waals surface area contributed by atoms with Gasteiger partial charge >= 0.3 is 0 Å². The van der Waals surface area contributed by atoms with Crippen LogP contribution in [-0.4, -0.2) is 4.57 Å². The Labute approximate surface area is 128 Å². The molecule has 0 atom stereocenters. The molecule has 0 saturated heterocycles. The molecule has 17 heavy (non-hydrogen) atoms. The number of aryl methyl sites for hydroxylation is 1. The Morgan fingerprint density at radius 2 is 1.94 bits per heavy atom. The molecule has 1 aromatic heterocycles. The SMILES string of the molecule is C=CCn1c(C)[n+](C)c2cc(Cl)c(Cl)cc21.[I-]. The Kier molecular flexibility index (Phi) is 4.86. The van der Waals surface area contributed by atoms with Crippen molar-refractivity contribution in [2.75, 3.05) is 0 Å². The van der Waals surface area contributed by atoms with E-state index in [1.807, 2.05) is 25.3 Å². The van der Waals surface area contributed by atoms with Crippen molar-refractivity contribution in [2.24, 2.45) is 7.05 Å². The summed E-state index contributed by atoms with van der Waals surface area (Å²) in [7, 11) is 2.02. The van der Waals surface area contributed by atoms with E-state index in [1.165, 1.54) is 0 Å². The molecular formula is C12H13Cl2IN2. The van der Waals surface area contributed by atoms with Gasteiger partial charge in [0.2, 0.25) is 0 Å². The molecule has 2 nitrogen and oxygen atoms in total. The zero-order chi connectivity index (χ0) is 11.9. The molecule has 0 aliphatic carbocycles. The molecule has 0 aliphatic rings. The van der Waals surface area contributed by atoms with Crippen LogP contribution in [0.4, 0.5) is 0 Å². The van der Waals surface area contributed by atoms with Crippen molar-refractivity contribution in [3.05, 3.63) is 40.7 Å². The minimum Gasteiger partial charge on any atom is -1.00 e. The van der Waals surface area contributed by atoms with Crippen molar-refractivity contribution in [3.63, 3.8) is 0 Å². The number of benzene rings is 1. The van der Waals surface area contributed by atoms with E-state index in [0.29, 0.717) is 10.0 Å². The van der Waals surface area contributed by atoms with Gasteiger partial charge in [0.25, 0.3) is 5.82 Å². The second-order valence-electron chi connectivity index (χ2n) is 3.76. The van der Waals surface area contributed by atoms with Gasteiger partial charge in [-0.05, 0) is 0 Å². The summed E-state index contributed by atoms with van der Waals surface area (Å²) in [6.45, 7) is 6.59. The standard InChI is InChI=1S/C12H13Cl2N2.HI/c1-4-5-16-8(2)15(3)11-6-9(13)10(14)7-12(11)16;/h4,6-7H,1,5H2,2-3H3;1H/q+1;/p-1. The summed E-state index contributed by atoms with van der Waals surface area (Å²) < 4.78 is 4.26. The van der Waals surface area contributed by atoms with E-state index < -0.39 is 0 Å². The monoisotopic (exact) mass is 382 g/mol. The highest BCUT2D eigenvalue weighted by Crippen LogP contribution is 2.27. The van der Waals surface area contributed by atoms with Crippen LogP contribution in [0.5, 0.6) is 0 Å². The molecule has 0 N–H and O–H groups in total. The van der Waals surface area contributed by atoms with Crippen LogP contribution in [0.15, 0.2) is 24.8 Å². The van der Waals surface area contributed by atoms with E-state index in [4.69, 9.17) is 23.2 Å². The molecule has 1 aromatic carbocycles. The lowest BCUT2D eigenvalue weighted by Gasteiger charge is -1.96. The molecule has 2 aromatic rings. The second kappa shape index (κ2) is 5.59. The number of nitrogens with zero attached hydrogens (tertiary/aromatic N) is 2. The number of imidazole rings is 1. The van der Waals surface area contributed by atoms with Crippen LogP contribution < -0.4 is 28.5 Å². The summed E-state index contributed by atoms with van der Waals surface area (Å²) in [6, 6.07) is 3.79. The zero-order valence-electron chi connectivity index (χ0n) is 9.67. The van der Waals surface area contributed by atoms with E-state index in [-0.39, 0.29) is 24.0 Å². The number of allylic oxidation sites excluding steroid dienone is 1. The number of rotatable bonds is 2. The number of aromatic nitrogens is 2. The summed E-state index contributed by atoms with van der Waals surface area (Å²) in [5.41, 5.74) is 2.16. The molecule has 0 amide bonds. The van der Waals surface area contributed by atoms with Gasteiger partial charge in [-0.3, -0.25) is 0 Å². The maximum Gasteiger partial charge on any atom is 0.254 e. The predicted molar refractivity (Wildman–Crippen MR) is 68.1 cm³/mol. The maximum absolute atomic E-state index is 6.04. The van der Waals surface area contributed by atoms with Crippen molar-refractivity contribution in [3.8, 4) is 0 Å². The molecule has 1 heterocycles. The van der Waals surface area contributed by atoms with Gasteiger partial charge in [-0.1, -0.05) is 35.9 Å². The highest BCUT2D eigenvalue weighted by molar-refractivity contribution is 6.42. The molecule has 0 fully saturated rings. The van der Waals surface area contributed by atoms with Gasteiger partial charge in [0.05, 0.1) is 17.1 Å². The van der Waals surface area contributed by atoms with E-state index in [0.717, 1.165) is 23.4 Å². The highest BCUT2D eigenvalue weighted by Gasteiger charge is 2.19. The maximum atomic E-state index is 6.04. The Bertz CT molecular complexity index is 576. The minimum absolute atomic E-state index is 0. The number of hydrogen-bond donors (Lipinski definition) is 0. The zero-order valence-corrected chi connectivity index (χ0v) is 13.3. The van der Waals surface area contributed by atoms with Crippen molar-refractivity contribution in [1.29, 1.82) is 0 Å². The normalized spacial score (nSPS) is 10.4. The highest BCUT2D eigenvalue weighted by atomic mass is 127. The number of halogens is 3. The van der Waals surface area contributed by atoms with Gasteiger partial charge in [0, 0.05) is 19.1 Å². The Morgan fingerprint density at radius 3 is 2.53 bits per heavy atom. The Balaban J connectivity index is 0.00000144. The molecule has 0 radical (unpaired) electrons. The predicted octanol–water partition coefficient (Wildman–Crippen LogP) is 0.271. The van der Waals surface area contributed by atoms with Gasteiger partial charge in [0.1, 0.15) is 6.54 Å². The molecule has 92 valence electrons. The molecule has 0 spiro atoms. The summed E-state index contributed by atoms with van der Waals surface area (Å²) >= 11 is 12.1. The fourth-order valence-corrected chi connectivity index (χ4v) is 2.22. The van der Waals surface area contributed by atoms with Gasteiger partial charge in [0.15, 0.2) is 11.0 Å². The third-order valence-electron chi connectivity index (χ3n) is 2.86. The molecule has 0 bridgehead atoms. The van der Waals surface area contributed by atoms with E-state index in [2.05, 4.69) is 22.6 Å². The first-order valence-electron chi connectivity index (χ1n) is 5.01. The van der Waals surface area contributed by atoms with Crippen LogP contribution in [0.1, 0.15) is 5.82 Å². The van der Waals surface area contributed by atoms with E-state index in [1.54, 1.807) is 0 Å². The smallest absolute Gasteiger partial charge is 0.254 e. The van der Waals surface area contributed by atoms with Crippen LogP contribution in [-0.2, 0) is 13.6 Å². The van der Waals surface area contributed by atoms with Crippen LogP contribution in [0, 0.1) is 6.92 Å². The number of hydrogen-bond acceptors (Lipinski definition) is 0. The third kappa shape index (κ3) is 2.46. The molecule has 0 unspecified atom stereocenters. The van der Waals surface area contributed by atoms with Crippen molar-refractivity contribution >= 4 is 34.2 Å². The lowest BCUT2D eigenvalue weighted by atomic mass is 10.3. The van der Waals surface area contributed by atoms with Gasteiger partial charge < -0.3 is 24.0 Å². The fourth-order valence-electron chi connectivity index (χ4n) is 1.90.